The van der Waals surface area contributed by atoms with Gasteiger partial charge in [-0.15, -0.1) is 0 Å². The predicted octanol–water partition coefficient (Wildman–Crippen LogP) is 1.48. The molecule has 0 aliphatic carbocycles. The number of piperidine rings is 1. The van der Waals surface area contributed by atoms with Crippen molar-refractivity contribution >= 4 is 17.8 Å². The van der Waals surface area contributed by atoms with Gasteiger partial charge >= 0.3 is 5.97 Å². The number of nitrogens with zero attached hydrogens (tertiary/aromatic N) is 1. The average Bonchev–Trinajstić information content (AvgIpc) is 2.68. The van der Waals surface area contributed by atoms with Crippen molar-refractivity contribution in [2.75, 3.05) is 40.5 Å². The highest BCUT2D eigenvalue weighted by Gasteiger charge is 2.26. The van der Waals surface area contributed by atoms with Crippen LogP contribution in [-0.2, 0) is 14.3 Å². The molecule has 28 heavy (non-hydrogen) atoms. The van der Waals surface area contributed by atoms with Gasteiger partial charge in [-0.1, -0.05) is 13.8 Å². The van der Waals surface area contributed by atoms with Crippen molar-refractivity contribution in [3.05, 3.63) is 23.8 Å². The van der Waals surface area contributed by atoms with E-state index in [4.69, 9.17) is 14.2 Å². The van der Waals surface area contributed by atoms with Crippen LogP contribution in [0.15, 0.2) is 18.2 Å². The molecule has 1 N–H and O–H groups in total. The highest BCUT2D eigenvalue weighted by Crippen LogP contribution is 2.22. The monoisotopic (exact) mass is 392 g/mol. The molecule has 2 amide bonds. The zero-order chi connectivity index (χ0) is 20.7. The van der Waals surface area contributed by atoms with Gasteiger partial charge in [-0.3, -0.25) is 14.4 Å². The first-order valence-corrected chi connectivity index (χ1v) is 9.27. The molecule has 0 unspecified atom stereocenters. The Labute approximate surface area is 165 Å². The van der Waals surface area contributed by atoms with Crippen LogP contribution in [0, 0.1) is 11.8 Å². The van der Waals surface area contributed by atoms with Gasteiger partial charge in [0.2, 0.25) is 0 Å². The number of carbonyl (C=O) groups is 3. The number of hydrogen-bond donors (Lipinski definition) is 1. The second-order valence-corrected chi connectivity index (χ2v) is 7.19. The minimum Gasteiger partial charge on any atom is -0.497 e. The number of likely N-dealkylation sites (tertiary alicyclic amines) is 1. The minimum absolute atomic E-state index is 0.212. The molecule has 8 heteroatoms. The lowest BCUT2D eigenvalue weighted by Crippen LogP contribution is -2.44. The summed E-state index contributed by atoms with van der Waals surface area (Å²) < 4.78 is 15.2. The number of hydrogen-bond acceptors (Lipinski definition) is 6. The van der Waals surface area contributed by atoms with Crippen LogP contribution < -0.4 is 14.8 Å². The van der Waals surface area contributed by atoms with Gasteiger partial charge in [0.05, 0.1) is 14.2 Å². The van der Waals surface area contributed by atoms with E-state index < -0.39 is 11.9 Å². The molecule has 1 aromatic carbocycles. The maximum absolute atomic E-state index is 12.2. The summed E-state index contributed by atoms with van der Waals surface area (Å²) in [5.74, 6) is 0.430. The quantitative estimate of drug-likeness (QED) is 0.707. The molecule has 1 aromatic rings. The van der Waals surface area contributed by atoms with Crippen LogP contribution >= 0.6 is 0 Å². The molecule has 1 fully saturated rings. The van der Waals surface area contributed by atoms with E-state index in [2.05, 4.69) is 19.2 Å². The first kappa shape index (κ1) is 21.5. The molecule has 8 nitrogen and oxygen atoms in total. The Balaban J connectivity index is 1.80. The number of amides is 2. The van der Waals surface area contributed by atoms with Crippen molar-refractivity contribution in [2.24, 2.45) is 11.8 Å². The van der Waals surface area contributed by atoms with Crippen LogP contribution in [-0.4, -0.2) is 63.1 Å². The zero-order valence-corrected chi connectivity index (χ0v) is 16.8. The summed E-state index contributed by atoms with van der Waals surface area (Å²) in [5, 5.41) is 2.47. The molecule has 0 bridgehead atoms. The third-order valence-electron chi connectivity index (χ3n) is 4.59. The van der Waals surface area contributed by atoms with Crippen molar-refractivity contribution in [2.45, 2.75) is 20.3 Å². The highest BCUT2D eigenvalue weighted by molar-refractivity contribution is 5.96. The van der Waals surface area contributed by atoms with Gasteiger partial charge in [-0.2, -0.15) is 0 Å². The van der Waals surface area contributed by atoms with Gasteiger partial charge < -0.3 is 24.4 Å². The molecule has 0 spiro atoms. The van der Waals surface area contributed by atoms with Crippen LogP contribution in [0.4, 0.5) is 0 Å². The first-order chi connectivity index (χ1) is 13.3. The van der Waals surface area contributed by atoms with Gasteiger partial charge in [0.15, 0.2) is 6.61 Å². The molecule has 2 rings (SSSR count). The van der Waals surface area contributed by atoms with Crippen molar-refractivity contribution in [3.8, 4) is 11.5 Å². The lowest BCUT2D eigenvalue weighted by molar-refractivity contribution is -0.152. The number of methoxy groups -OCH3 is 2. The number of rotatable bonds is 7. The SMILES string of the molecule is COc1cc(OC)cc(C(=O)NCC(=O)OCC(=O)N2C[C@H](C)C[C@@H](C)C2)c1. The molecule has 0 aromatic heterocycles. The molecular formula is C20H28N2O6. The van der Waals surface area contributed by atoms with Crippen LogP contribution in [0.5, 0.6) is 11.5 Å². The topological polar surface area (TPSA) is 94.2 Å². The van der Waals surface area contributed by atoms with Crippen LogP contribution in [0.1, 0.15) is 30.6 Å². The summed E-state index contributed by atoms with van der Waals surface area (Å²) in [6, 6.07) is 4.70. The summed E-state index contributed by atoms with van der Waals surface area (Å²) in [4.78, 5) is 38.1. The summed E-state index contributed by atoms with van der Waals surface area (Å²) in [6.45, 7) is 4.90. The second-order valence-electron chi connectivity index (χ2n) is 7.19. The van der Waals surface area contributed by atoms with E-state index in [1.165, 1.54) is 26.4 Å². The number of ether oxygens (including phenoxy) is 3. The third-order valence-corrected chi connectivity index (χ3v) is 4.59. The lowest BCUT2D eigenvalue weighted by Gasteiger charge is -2.34. The summed E-state index contributed by atoms with van der Waals surface area (Å²) >= 11 is 0. The Morgan fingerprint density at radius 2 is 1.61 bits per heavy atom. The molecular weight excluding hydrogens is 364 g/mol. The van der Waals surface area contributed by atoms with Gasteiger partial charge in [-0.05, 0) is 30.4 Å². The van der Waals surface area contributed by atoms with E-state index in [1.54, 1.807) is 11.0 Å². The number of benzene rings is 1. The summed E-state index contributed by atoms with van der Waals surface area (Å²) in [7, 11) is 2.96. The maximum atomic E-state index is 12.2. The van der Waals surface area contributed by atoms with Crippen LogP contribution in [0.25, 0.3) is 0 Å². The van der Waals surface area contributed by atoms with E-state index in [-0.39, 0.29) is 24.6 Å². The van der Waals surface area contributed by atoms with Crippen molar-refractivity contribution < 1.29 is 28.6 Å². The molecule has 1 aliphatic heterocycles. The van der Waals surface area contributed by atoms with Crippen LogP contribution in [0.3, 0.4) is 0 Å². The lowest BCUT2D eigenvalue weighted by atomic mass is 9.92. The predicted molar refractivity (Wildman–Crippen MR) is 102 cm³/mol. The fraction of sp³-hybridized carbons (Fsp3) is 0.550. The van der Waals surface area contributed by atoms with Gasteiger partial charge in [0.25, 0.3) is 11.8 Å². The molecule has 0 radical (unpaired) electrons. The minimum atomic E-state index is -0.672. The summed E-state index contributed by atoms with van der Waals surface area (Å²) in [5.41, 5.74) is 0.288. The highest BCUT2D eigenvalue weighted by atomic mass is 16.5. The molecule has 1 heterocycles. The number of nitrogens with one attached hydrogen (secondary N) is 1. The molecule has 1 saturated heterocycles. The standard InChI is InChI=1S/C20H28N2O6/c1-13-5-14(2)11-22(10-13)18(23)12-28-19(24)9-21-20(25)15-6-16(26-3)8-17(7-15)27-4/h6-8,13-14H,5,9-12H2,1-4H3,(H,21,25)/t13-,14-/m1/s1. The van der Waals surface area contributed by atoms with Gasteiger partial charge in [0, 0.05) is 24.7 Å². The van der Waals surface area contributed by atoms with Gasteiger partial charge in [0.1, 0.15) is 18.0 Å². The smallest absolute Gasteiger partial charge is 0.325 e. The van der Waals surface area contributed by atoms with Crippen molar-refractivity contribution in [1.82, 2.24) is 10.2 Å². The fourth-order valence-electron chi connectivity index (χ4n) is 3.34. The average molecular weight is 392 g/mol. The zero-order valence-electron chi connectivity index (χ0n) is 16.8. The van der Waals surface area contributed by atoms with Gasteiger partial charge in [-0.25, -0.2) is 0 Å². The third kappa shape index (κ3) is 6.14. The first-order valence-electron chi connectivity index (χ1n) is 9.27. The van der Waals surface area contributed by atoms with E-state index in [0.717, 1.165) is 6.42 Å². The molecule has 2 atom stereocenters. The van der Waals surface area contributed by atoms with E-state index in [1.807, 2.05) is 0 Å². The number of esters is 1. The molecule has 0 saturated carbocycles. The van der Waals surface area contributed by atoms with E-state index in [9.17, 15) is 14.4 Å². The number of carbonyl (C=O) groups excluding carboxylic acids is 3. The Bertz CT molecular complexity index is 688. The Hall–Kier alpha value is -2.77. The van der Waals surface area contributed by atoms with Crippen molar-refractivity contribution in [1.29, 1.82) is 0 Å². The van der Waals surface area contributed by atoms with E-state index in [0.29, 0.717) is 36.4 Å². The normalized spacial score (nSPS) is 18.9. The molecule has 154 valence electrons. The Morgan fingerprint density at radius 3 is 2.14 bits per heavy atom. The van der Waals surface area contributed by atoms with Crippen molar-refractivity contribution in [3.63, 3.8) is 0 Å². The Morgan fingerprint density at radius 1 is 1.04 bits per heavy atom. The molecule has 1 aliphatic rings. The maximum Gasteiger partial charge on any atom is 0.325 e. The summed E-state index contributed by atoms with van der Waals surface area (Å²) in [6.07, 6.45) is 1.09. The largest absolute Gasteiger partial charge is 0.497 e. The Kier molecular flexibility index (Phi) is 7.66. The van der Waals surface area contributed by atoms with E-state index >= 15 is 0 Å². The van der Waals surface area contributed by atoms with Crippen LogP contribution in [0.2, 0.25) is 0 Å². The second kappa shape index (κ2) is 9.96. The fourth-order valence-corrected chi connectivity index (χ4v) is 3.34.